The maximum absolute atomic E-state index is 12.9. The predicted molar refractivity (Wildman–Crippen MR) is 139 cm³/mol. The Morgan fingerprint density at radius 1 is 1.05 bits per heavy atom. The molecule has 1 aromatic heterocycles. The van der Waals surface area contributed by atoms with E-state index in [4.69, 9.17) is 0 Å². The van der Waals surface area contributed by atoms with Crippen molar-refractivity contribution in [2.75, 3.05) is 10.0 Å². The van der Waals surface area contributed by atoms with Crippen LogP contribution in [-0.2, 0) is 32.5 Å². The number of H-pyrrole nitrogens is 1. The van der Waals surface area contributed by atoms with Gasteiger partial charge in [-0.15, -0.1) is 0 Å². The molecule has 10 heteroatoms. The Bertz CT molecular complexity index is 1550. The average molecular weight is 520 g/mol. The van der Waals surface area contributed by atoms with Gasteiger partial charge in [0.15, 0.2) is 5.78 Å². The largest absolute Gasteiger partial charge is 0.481 e. The number of aryl methyl sites for hydroxylation is 1. The van der Waals surface area contributed by atoms with E-state index >= 15 is 0 Å². The minimum atomic E-state index is -3.83. The van der Waals surface area contributed by atoms with Gasteiger partial charge < -0.3 is 15.4 Å². The number of carboxylic acid groups (broad SMARTS) is 1. The predicted octanol–water partition coefficient (Wildman–Crippen LogP) is 4.23. The molecule has 190 valence electrons. The first-order valence-corrected chi connectivity index (χ1v) is 13.5. The van der Waals surface area contributed by atoms with Gasteiger partial charge >= 0.3 is 5.97 Å². The summed E-state index contributed by atoms with van der Waals surface area (Å²) in [7, 11) is -3.83. The third kappa shape index (κ3) is 4.92. The van der Waals surface area contributed by atoms with Crippen molar-refractivity contribution in [3.8, 4) is 0 Å². The van der Waals surface area contributed by atoms with Gasteiger partial charge in [0.2, 0.25) is 0 Å². The number of carboxylic acids is 1. The van der Waals surface area contributed by atoms with E-state index in [2.05, 4.69) is 15.0 Å². The van der Waals surface area contributed by atoms with Crippen LogP contribution < -0.4 is 10.0 Å². The molecular formula is C27H25N3O6S. The number of sulfonamides is 1. The molecule has 1 amide bonds. The highest BCUT2D eigenvalue weighted by Gasteiger charge is 2.29. The summed E-state index contributed by atoms with van der Waals surface area (Å²) >= 11 is 0. The zero-order valence-electron chi connectivity index (χ0n) is 19.8. The normalized spacial score (nSPS) is 16.2. The molecule has 3 aromatic rings. The summed E-state index contributed by atoms with van der Waals surface area (Å²) in [4.78, 5) is 40.4. The van der Waals surface area contributed by atoms with Crippen molar-refractivity contribution in [1.29, 1.82) is 0 Å². The lowest BCUT2D eigenvalue weighted by atomic mass is 9.97. The van der Waals surface area contributed by atoms with Crippen LogP contribution in [0.15, 0.2) is 53.4 Å². The molecule has 0 spiro atoms. The number of Topliss-reactive ketones (excluding diaryl/α,β-unsaturated/α-hetero) is 1. The summed E-state index contributed by atoms with van der Waals surface area (Å²) in [5.74, 6) is -1.38. The summed E-state index contributed by atoms with van der Waals surface area (Å²) in [5, 5.41) is 12.0. The molecule has 0 atom stereocenters. The number of aromatic nitrogens is 1. The molecule has 0 bridgehead atoms. The second kappa shape index (κ2) is 9.70. The molecule has 2 aromatic carbocycles. The van der Waals surface area contributed by atoms with Crippen molar-refractivity contribution in [3.05, 3.63) is 76.6 Å². The van der Waals surface area contributed by atoms with Gasteiger partial charge in [0.05, 0.1) is 10.5 Å². The van der Waals surface area contributed by atoms with Crippen LogP contribution in [0.5, 0.6) is 0 Å². The van der Waals surface area contributed by atoms with Gasteiger partial charge in [-0.1, -0.05) is 18.2 Å². The zero-order chi connectivity index (χ0) is 26.2. The van der Waals surface area contributed by atoms with Crippen molar-refractivity contribution in [1.82, 2.24) is 4.98 Å². The van der Waals surface area contributed by atoms with Crippen molar-refractivity contribution in [2.45, 2.75) is 43.4 Å². The maximum Gasteiger partial charge on any atom is 0.303 e. The highest BCUT2D eigenvalue weighted by Crippen LogP contribution is 2.37. The molecule has 0 saturated carbocycles. The number of rotatable bonds is 7. The Hall–Kier alpha value is -4.18. The highest BCUT2D eigenvalue weighted by atomic mass is 32.2. The van der Waals surface area contributed by atoms with Crippen LogP contribution in [0.2, 0.25) is 0 Å². The monoisotopic (exact) mass is 519 g/mol. The van der Waals surface area contributed by atoms with Crippen molar-refractivity contribution in [2.24, 2.45) is 0 Å². The summed E-state index contributed by atoms with van der Waals surface area (Å²) in [6, 6.07) is 12.7. The lowest BCUT2D eigenvalue weighted by molar-refractivity contribution is -0.137. The molecule has 0 fully saturated rings. The second-order valence-electron chi connectivity index (χ2n) is 9.09. The number of aliphatic carboxylic acids is 1. The number of nitrogens with one attached hydrogen (secondary N) is 3. The quantitative estimate of drug-likeness (QED) is 0.271. The highest BCUT2D eigenvalue weighted by molar-refractivity contribution is 7.92. The Labute approximate surface area is 213 Å². The summed E-state index contributed by atoms with van der Waals surface area (Å²) in [6.45, 7) is 0. The van der Waals surface area contributed by atoms with E-state index < -0.39 is 16.0 Å². The number of aromatic amines is 1. The summed E-state index contributed by atoms with van der Waals surface area (Å²) in [6.07, 6.45) is 4.29. The van der Waals surface area contributed by atoms with E-state index in [1.807, 2.05) is 0 Å². The molecule has 0 saturated heterocycles. The standard InChI is InChI=1S/C27H25N3O6S/c31-24-9-5-4-8-22-26(24)18(11-13-25(32)33)23(28-22)15-20-19-14-16(10-12-21(19)29-27(20)34)30-37(35,36)17-6-2-1-3-7-17/h1-3,6-7,10,12,14-15,28,30H,4-5,8-9,11,13H2,(H,29,34)(H,32,33). The summed E-state index contributed by atoms with van der Waals surface area (Å²) < 4.78 is 28.1. The molecule has 1 aliphatic carbocycles. The van der Waals surface area contributed by atoms with Gasteiger partial charge in [-0.25, -0.2) is 8.42 Å². The maximum atomic E-state index is 12.9. The minimum Gasteiger partial charge on any atom is -0.481 e. The smallest absolute Gasteiger partial charge is 0.303 e. The third-order valence-electron chi connectivity index (χ3n) is 6.56. The number of hydrogen-bond acceptors (Lipinski definition) is 5. The molecule has 2 heterocycles. The first-order chi connectivity index (χ1) is 17.7. The van der Waals surface area contributed by atoms with E-state index in [0.29, 0.717) is 40.9 Å². The summed E-state index contributed by atoms with van der Waals surface area (Å²) in [5.41, 5.74) is 4.01. The molecule has 1 aliphatic heterocycles. The number of ketones is 1. The first kappa shape index (κ1) is 24.5. The molecular weight excluding hydrogens is 494 g/mol. The van der Waals surface area contributed by atoms with Crippen LogP contribution >= 0.6 is 0 Å². The van der Waals surface area contributed by atoms with Crippen LogP contribution in [-0.4, -0.2) is 36.2 Å². The lowest BCUT2D eigenvalue weighted by Gasteiger charge is -2.09. The van der Waals surface area contributed by atoms with E-state index in [-0.39, 0.29) is 40.7 Å². The van der Waals surface area contributed by atoms with Gasteiger partial charge in [0.1, 0.15) is 0 Å². The van der Waals surface area contributed by atoms with Gasteiger partial charge in [0.25, 0.3) is 15.9 Å². The zero-order valence-corrected chi connectivity index (χ0v) is 20.7. The average Bonchev–Trinajstić information content (AvgIpc) is 3.30. The Morgan fingerprint density at radius 2 is 1.81 bits per heavy atom. The third-order valence-corrected chi connectivity index (χ3v) is 7.96. The molecule has 4 N–H and O–H groups in total. The molecule has 9 nitrogen and oxygen atoms in total. The van der Waals surface area contributed by atoms with Crippen molar-refractivity contribution in [3.63, 3.8) is 0 Å². The van der Waals surface area contributed by atoms with E-state index in [0.717, 1.165) is 18.5 Å². The molecule has 0 radical (unpaired) electrons. The number of benzene rings is 2. The number of hydrogen-bond donors (Lipinski definition) is 4. The van der Waals surface area contributed by atoms with Crippen molar-refractivity contribution >= 4 is 50.7 Å². The number of fused-ring (bicyclic) bond motifs is 2. The number of carbonyl (C=O) groups excluding carboxylic acids is 2. The minimum absolute atomic E-state index is 0.0253. The van der Waals surface area contributed by atoms with Crippen LogP contribution in [0.4, 0.5) is 11.4 Å². The van der Waals surface area contributed by atoms with Crippen LogP contribution in [0.25, 0.3) is 11.6 Å². The van der Waals surface area contributed by atoms with Crippen LogP contribution in [0.1, 0.15) is 58.6 Å². The fourth-order valence-corrected chi connectivity index (χ4v) is 5.89. The van der Waals surface area contributed by atoms with Gasteiger partial charge in [0, 0.05) is 46.7 Å². The number of amides is 1. The molecule has 5 rings (SSSR count). The van der Waals surface area contributed by atoms with Crippen molar-refractivity contribution < 1.29 is 27.9 Å². The van der Waals surface area contributed by atoms with Gasteiger partial charge in [-0.3, -0.25) is 19.1 Å². The molecule has 0 unspecified atom stereocenters. The Balaban J connectivity index is 1.55. The second-order valence-corrected chi connectivity index (χ2v) is 10.8. The topological polar surface area (TPSA) is 145 Å². The first-order valence-electron chi connectivity index (χ1n) is 12.0. The van der Waals surface area contributed by atoms with E-state index in [1.54, 1.807) is 42.5 Å². The van der Waals surface area contributed by atoms with Crippen LogP contribution in [0, 0.1) is 0 Å². The lowest BCUT2D eigenvalue weighted by Crippen LogP contribution is -2.12. The SMILES string of the molecule is O=C(O)CCc1c(C=C2C(=O)Nc3ccc(NS(=O)(=O)c4ccccc4)cc32)[nH]c2c1C(=O)CCCC2. The van der Waals surface area contributed by atoms with E-state index in [9.17, 15) is 27.9 Å². The number of anilines is 2. The molecule has 2 aliphatic rings. The van der Waals surface area contributed by atoms with Gasteiger partial charge in [-0.05, 0) is 67.7 Å². The van der Waals surface area contributed by atoms with Crippen LogP contribution in [0.3, 0.4) is 0 Å². The molecule has 37 heavy (non-hydrogen) atoms. The fraction of sp³-hybridized carbons (Fsp3) is 0.222. The van der Waals surface area contributed by atoms with Gasteiger partial charge in [-0.2, -0.15) is 0 Å². The Kier molecular flexibility index (Phi) is 6.43. The Morgan fingerprint density at radius 3 is 2.57 bits per heavy atom. The van der Waals surface area contributed by atoms with E-state index in [1.165, 1.54) is 12.1 Å². The fourth-order valence-electron chi connectivity index (χ4n) is 4.82. The number of carbonyl (C=O) groups is 3.